The normalized spacial score (nSPS) is 17.3. The number of benzene rings is 1. The predicted octanol–water partition coefficient (Wildman–Crippen LogP) is 3.35. The van der Waals surface area contributed by atoms with Crippen LogP contribution in [-0.2, 0) is 5.41 Å². The molecule has 2 rings (SSSR count). The molecule has 0 saturated heterocycles. The van der Waals surface area contributed by atoms with E-state index in [-0.39, 0.29) is 11.2 Å². The molecule has 1 fully saturated rings. The van der Waals surface area contributed by atoms with Crippen LogP contribution in [0.5, 0.6) is 11.5 Å². The summed E-state index contributed by atoms with van der Waals surface area (Å²) in [6.45, 7) is -0.675. The van der Waals surface area contributed by atoms with Crippen molar-refractivity contribution in [3.63, 3.8) is 0 Å². The van der Waals surface area contributed by atoms with E-state index in [0.29, 0.717) is 5.75 Å². The largest absolute Gasteiger partial charge is 0.493 e. The Hall–Kier alpha value is -1.32. The number of methoxy groups -OCH3 is 1. The Morgan fingerprint density at radius 1 is 1.25 bits per heavy atom. The summed E-state index contributed by atoms with van der Waals surface area (Å²) in [6, 6.07) is 5.15. The fraction of sp³-hybridized carbons (Fsp3) is 0.500. The molecule has 4 heteroatoms. The van der Waals surface area contributed by atoms with Crippen LogP contribution in [0.25, 0.3) is 0 Å². The summed E-state index contributed by atoms with van der Waals surface area (Å²) < 4.78 is 33.6. The molecule has 0 radical (unpaired) electrons. The lowest BCUT2D eigenvalue weighted by Crippen LogP contribution is -2.05. The van der Waals surface area contributed by atoms with Crippen LogP contribution in [0, 0.1) is 0 Å². The van der Waals surface area contributed by atoms with Gasteiger partial charge in [0.2, 0.25) is 0 Å². The van der Waals surface area contributed by atoms with E-state index in [1.165, 1.54) is 7.11 Å². The predicted molar refractivity (Wildman–Crippen MR) is 56.2 cm³/mol. The minimum Gasteiger partial charge on any atom is -0.493 e. The van der Waals surface area contributed by atoms with Crippen LogP contribution in [0.3, 0.4) is 0 Å². The molecule has 88 valence electrons. The first-order valence-electron chi connectivity index (χ1n) is 5.18. The van der Waals surface area contributed by atoms with Crippen molar-refractivity contribution in [3.8, 4) is 11.5 Å². The van der Waals surface area contributed by atoms with Crippen molar-refractivity contribution >= 4 is 0 Å². The molecule has 0 heterocycles. The van der Waals surface area contributed by atoms with Gasteiger partial charge in [-0.05, 0) is 36.0 Å². The van der Waals surface area contributed by atoms with E-state index < -0.39 is 6.61 Å². The zero-order chi connectivity index (χ0) is 11.8. The number of ether oxygens (including phenoxy) is 2. The zero-order valence-electron chi connectivity index (χ0n) is 9.30. The molecular weight excluding hydrogens is 214 g/mol. The Morgan fingerprint density at radius 3 is 2.44 bits per heavy atom. The van der Waals surface area contributed by atoms with E-state index >= 15 is 0 Å². The van der Waals surface area contributed by atoms with Gasteiger partial charge in [-0.15, -0.1) is 0 Å². The van der Waals surface area contributed by atoms with Crippen LogP contribution in [-0.4, -0.2) is 13.7 Å². The zero-order valence-corrected chi connectivity index (χ0v) is 9.30. The van der Waals surface area contributed by atoms with E-state index in [4.69, 9.17) is 4.74 Å². The van der Waals surface area contributed by atoms with Gasteiger partial charge in [-0.2, -0.15) is 8.78 Å². The highest BCUT2D eigenvalue weighted by molar-refractivity contribution is 5.46. The standard InChI is InChI=1S/C12H14F2O2/c1-12(5-6-12)8-3-4-9(16-11(13)14)10(7-8)15-2/h3-4,7,11H,5-6H2,1-2H3. The van der Waals surface area contributed by atoms with Crippen LogP contribution < -0.4 is 9.47 Å². The highest BCUT2D eigenvalue weighted by Crippen LogP contribution is 2.49. The second-order valence-electron chi connectivity index (χ2n) is 4.30. The van der Waals surface area contributed by atoms with Gasteiger partial charge in [0.1, 0.15) is 0 Å². The fourth-order valence-corrected chi connectivity index (χ4v) is 1.71. The van der Waals surface area contributed by atoms with Gasteiger partial charge in [-0.1, -0.05) is 13.0 Å². The van der Waals surface area contributed by atoms with E-state index in [2.05, 4.69) is 11.7 Å². The Balaban J connectivity index is 2.28. The summed E-state index contributed by atoms with van der Waals surface area (Å²) in [7, 11) is 1.45. The summed E-state index contributed by atoms with van der Waals surface area (Å²) in [4.78, 5) is 0. The van der Waals surface area contributed by atoms with Crippen LogP contribution in [0.2, 0.25) is 0 Å². The maximum absolute atomic E-state index is 12.1. The Labute approximate surface area is 93.2 Å². The molecule has 1 aromatic rings. The van der Waals surface area contributed by atoms with Gasteiger partial charge in [-0.25, -0.2) is 0 Å². The van der Waals surface area contributed by atoms with E-state index in [9.17, 15) is 8.78 Å². The molecular formula is C12H14F2O2. The third kappa shape index (κ3) is 2.10. The van der Waals surface area contributed by atoms with Crippen molar-refractivity contribution < 1.29 is 18.3 Å². The summed E-state index contributed by atoms with van der Waals surface area (Å²) in [5, 5.41) is 0. The lowest BCUT2D eigenvalue weighted by atomic mass is 9.98. The smallest absolute Gasteiger partial charge is 0.387 e. The molecule has 0 atom stereocenters. The summed E-state index contributed by atoms with van der Waals surface area (Å²) in [6.07, 6.45) is 2.26. The average Bonchev–Trinajstić information content (AvgIpc) is 2.97. The van der Waals surface area contributed by atoms with Crippen molar-refractivity contribution in [1.82, 2.24) is 0 Å². The minimum atomic E-state index is -2.82. The van der Waals surface area contributed by atoms with Gasteiger partial charge in [-0.3, -0.25) is 0 Å². The number of alkyl halides is 2. The maximum Gasteiger partial charge on any atom is 0.387 e. The SMILES string of the molecule is COc1cc(C2(C)CC2)ccc1OC(F)F. The van der Waals surface area contributed by atoms with Gasteiger partial charge in [0.05, 0.1) is 7.11 Å². The Morgan fingerprint density at radius 2 is 1.94 bits per heavy atom. The van der Waals surface area contributed by atoms with Crippen LogP contribution in [0.4, 0.5) is 8.78 Å². The number of rotatable bonds is 4. The lowest BCUT2D eigenvalue weighted by molar-refractivity contribution is -0.0512. The molecule has 0 spiro atoms. The monoisotopic (exact) mass is 228 g/mol. The molecule has 0 amide bonds. The van der Waals surface area contributed by atoms with Crippen molar-refractivity contribution in [3.05, 3.63) is 23.8 Å². The first-order chi connectivity index (χ1) is 7.55. The van der Waals surface area contributed by atoms with Gasteiger partial charge in [0, 0.05) is 0 Å². The lowest BCUT2D eigenvalue weighted by Gasteiger charge is -2.14. The van der Waals surface area contributed by atoms with E-state index in [0.717, 1.165) is 18.4 Å². The maximum atomic E-state index is 12.1. The molecule has 0 unspecified atom stereocenters. The summed E-state index contributed by atoms with van der Waals surface area (Å²) in [5.41, 5.74) is 1.31. The summed E-state index contributed by atoms with van der Waals surface area (Å²) >= 11 is 0. The van der Waals surface area contributed by atoms with Crippen LogP contribution in [0.15, 0.2) is 18.2 Å². The average molecular weight is 228 g/mol. The van der Waals surface area contributed by atoms with Gasteiger partial charge in [0.25, 0.3) is 0 Å². The second kappa shape index (κ2) is 3.92. The fourth-order valence-electron chi connectivity index (χ4n) is 1.71. The van der Waals surface area contributed by atoms with Crippen molar-refractivity contribution in [2.24, 2.45) is 0 Å². The van der Waals surface area contributed by atoms with Gasteiger partial charge < -0.3 is 9.47 Å². The first-order valence-corrected chi connectivity index (χ1v) is 5.18. The molecule has 2 nitrogen and oxygen atoms in total. The third-order valence-corrected chi connectivity index (χ3v) is 3.08. The van der Waals surface area contributed by atoms with Crippen molar-refractivity contribution in [2.45, 2.75) is 31.8 Å². The summed E-state index contributed by atoms with van der Waals surface area (Å²) in [5.74, 6) is 0.455. The first kappa shape index (κ1) is 11.2. The third-order valence-electron chi connectivity index (χ3n) is 3.08. The molecule has 0 bridgehead atoms. The number of hydrogen-bond acceptors (Lipinski definition) is 2. The highest BCUT2D eigenvalue weighted by Gasteiger charge is 2.39. The molecule has 1 aromatic carbocycles. The topological polar surface area (TPSA) is 18.5 Å². The van der Waals surface area contributed by atoms with Gasteiger partial charge in [0.15, 0.2) is 11.5 Å². The Kier molecular flexibility index (Phi) is 2.74. The number of hydrogen-bond donors (Lipinski definition) is 0. The molecule has 0 aliphatic heterocycles. The Bertz CT molecular complexity index is 387. The number of halogens is 2. The molecule has 16 heavy (non-hydrogen) atoms. The molecule has 1 saturated carbocycles. The highest BCUT2D eigenvalue weighted by atomic mass is 19.3. The van der Waals surface area contributed by atoms with Gasteiger partial charge >= 0.3 is 6.61 Å². The molecule has 0 aromatic heterocycles. The van der Waals surface area contributed by atoms with E-state index in [1.807, 2.05) is 6.07 Å². The second-order valence-corrected chi connectivity index (χ2v) is 4.30. The molecule has 0 N–H and O–H groups in total. The van der Waals surface area contributed by atoms with Crippen LogP contribution in [0.1, 0.15) is 25.3 Å². The van der Waals surface area contributed by atoms with Crippen molar-refractivity contribution in [2.75, 3.05) is 7.11 Å². The van der Waals surface area contributed by atoms with Crippen LogP contribution >= 0.6 is 0 Å². The quantitative estimate of drug-likeness (QED) is 0.786. The van der Waals surface area contributed by atoms with Crippen molar-refractivity contribution in [1.29, 1.82) is 0 Å². The molecule has 1 aliphatic carbocycles. The van der Waals surface area contributed by atoms with E-state index in [1.54, 1.807) is 12.1 Å². The molecule has 1 aliphatic rings. The minimum absolute atomic E-state index is 0.0884.